The lowest BCUT2D eigenvalue weighted by Crippen LogP contribution is -2.37. The van der Waals surface area contributed by atoms with Crippen LogP contribution >= 0.6 is 0 Å². The molecule has 1 unspecified atom stereocenters. The van der Waals surface area contributed by atoms with Crippen LogP contribution in [-0.4, -0.2) is 12.5 Å². The molecule has 5 heteroatoms. The molecule has 0 aromatic heterocycles. The van der Waals surface area contributed by atoms with E-state index in [0.29, 0.717) is 18.5 Å². The van der Waals surface area contributed by atoms with Gasteiger partial charge in [-0.25, -0.2) is 8.78 Å². The van der Waals surface area contributed by atoms with Crippen molar-refractivity contribution in [1.82, 2.24) is 5.32 Å². The summed E-state index contributed by atoms with van der Waals surface area (Å²) in [6, 6.07) is 2.98. The van der Waals surface area contributed by atoms with Crippen molar-refractivity contribution in [3.63, 3.8) is 0 Å². The average Bonchev–Trinajstić information content (AvgIpc) is 2.44. The minimum atomic E-state index is -0.631. The first kappa shape index (κ1) is 19.6. The molecule has 1 rings (SSSR count). The lowest BCUT2D eigenvalue weighted by Gasteiger charge is -2.32. The van der Waals surface area contributed by atoms with Gasteiger partial charge < -0.3 is 11.1 Å². The SMILES string of the molecule is CC(C)(C)C(NC(=O)CCCCCCN)c1ccc(F)cc1F. The van der Waals surface area contributed by atoms with E-state index < -0.39 is 17.7 Å². The lowest BCUT2D eigenvalue weighted by molar-refractivity contribution is -0.122. The maximum Gasteiger partial charge on any atom is 0.220 e. The first-order chi connectivity index (χ1) is 10.8. The molecule has 130 valence electrons. The zero-order valence-electron chi connectivity index (χ0n) is 14.3. The minimum Gasteiger partial charge on any atom is -0.349 e. The fourth-order valence-electron chi connectivity index (χ4n) is 2.51. The van der Waals surface area contributed by atoms with E-state index in [1.165, 1.54) is 12.1 Å². The van der Waals surface area contributed by atoms with Crippen molar-refractivity contribution in [3.8, 4) is 0 Å². The van der Waals surface area contributed by atoms with Crippen LogP contribution in [0.25, 0.3) is 0 Å². The van der Waals surface area contributed by atoms with Crippen LogP contribution in [0.3, 0.4) is 0 Å². The number of hydrogen-bond donors (Lipinski definition) is 2. The Morgan fingerprint density at radius 1 is 1.17 bits per heavy atom. The fourth-order valence-corrected chi connectivity index (χ4v) is 2.51. The molecular weight excluding hydrogens is 298 g/mol. The second kappa shape index (κ2) is 8.96. The smallest absolute Gasteiger partial charge is 0.220 e. The van der Waals surface area contributed by atoms with Gasteiger partial charge in [-0.1, -0.05) is 39.7 Å². The number of halogens is 2. The molecule has 1 aromatic rings. The van der Waals surface area contributed by atoms with Crippen molar-refractivity contribution < 1.29 is 13.6 Å². The summed E-state index contributed by atoms with van der Waals surface area (Å²) in [4.78, 5) is 12.2. The summed E-state index contributed by atoms with van der Waals surface area (Å²) in [7, 11) is 0. The number of unbranched alkanes of at least 4 members (excludes halogenated alkanes) is 3. The molecule has 0 aliphatic carbocycles. The topological polar surface area (TPSA) is 55.1 Å². The predicted octanol–water partition coefficient (Wildman–Crippen LogP) is 4.08. The van der Waals surface area contributed by atoms with Crippen LogP contribution in [0, 0.1) is 17.0 Å². The Hall–Kier alpha value is -1.49. The second-order valence-corrected chi connectivity index (χ2v) is 6.99. The minimum absolute atomic E-state index is 0.110. The highest BCUT2D eigenvalue weighted by Crippen LogP contribution is 2.34. The molecule has 23 heavy (non-hydrogen) atoms. The van der Waals surface area contributed by atoms with Crippen LogP contribution in [0.1, 0.15) is 64.5 Å². The van der Waals surface area contributed by atoms with Gasteiger partial charge in [0.15, 0.2) is 0 Å². The first-order valence-corrected chi connectivity index (χ1v) is 8.20. The van der Waals surface area contributed by atoms with Crippen molar-refractivity contribution in [1.29, 1.82) is 0 Å². The summed E-state index contributed by atoms with van der Waals surface area (Å²) in [6.07, 6.45) is 4.12. The molecule has 0 aliphatic heterocycles. The summed E-state index contributed by atoms with van der Waals surface area (Å²) in [5.74, 6) is -1.36. The van der Waals surface area contributed by atoms with E-state index in [2.05, 4.69) is 5.32 Å². The second-order valence-electron chi connectivity index (χ2n) is 6.99. The summed E-state index contributed by atoms with van der Waals surface area (Å²) >= 11 is 0. The van der Waals surface area contributed by atoms with Crippen molar-refractivity contribution in [2.45, 2.75) is 58.9 Å². The molecule has 3 N–H and O–H groups in total. The van der Waals surface area contributed by atoms with E-state index in [1.54, 1.807) is 0 Å². The van der Waals surface area contributed by atoms with E-state index in [1.807, 2.05) is 20.8 Å². The molecule has 1 aromatic carbocycles. The highest BCUT2D eigenvalue weighted by molar-refractivity contribution is 5.76. The Bertz CT molecular complexity index is 512. The highest BCUT2D eigenvalue weighted by atomic mass is 19.1. The molecule has 0 fully saturated rings. The van der Waals surface area contributed by atoms with E-state index in [-0.39, 0.29) is 11.3 Å². The molecule has 0 radical (unpaired) electrons. The maximum atomic E-state index is 14.1. The third-order valence-corrected chi connectivity index (χ3v) is 3.80. The Morgan fingerprint density at radius 2 is 1.83 bits per heavy atom. The molecule has 0 bridgehead atoms. The van der Waals surface area contributed by atoms with Gasteiger partial charge in [0.05, 0.1) is 6.04 Å². The number of nitrogens with two attached hydrogens (primary N) is 1. The molecule has 1 amide bonds. The Balaban J connectivity index is 2.71. The molecule has 0 saturated heterocycles. The quantitative estimate of drug-likeness (QED) is 0.707. The number of benzene rings is 1. The molecule has 0 saturated carbocycles. The number of carbonyl (C=O) groups excluding carboxylic acids is 1. The van der Waals surface area contributed by atoms with Crippen LogP contribution < -0.4 is 11.1 Å². The number of nitrogens with one attached hydrogen (secondary N) is 1. The van der Waals surface area contributed by atoms with Gasteiger partial charge in [0.1, 0.15) is 11.6 Å². The summed E-state index contributed by atoms with van der Waals surface area (Å²) < 4.78 is 27.2. The van der Waals surface area contributed by atoms with Crippen LogP contribution in [0.5, 0.6) is 0 Å². The van der Waals surface area contributed by atoms with E-state index >= 15 is 0 Å². The van der Waals surface area contributed by atoms with Crippen molar-refractivity contribution >= 4 is 5.91 Å². The fraction of sp³-hybridized carbons (Fsp3) is 0.611. The van der Waals surface area contributed by atoms with E-state index in [9.17, 15) is 13.6 Å². The molecule has 1 atom stereocenters. The Morgan fingerprint density at radius 3 is 2.39 bits per heavy atom. The normalized spacial score (nSPS) is 13.0. The van der Waals surface area contributed by atoms with Crippen LogP contribution in [0.15, 0.2) is 18.2 Å². The third-order valence-electron chi connectivity index (χ3n) is 3.80. The number of amides is 1. The van der Waals surface area contributed by atoms with Gasteiger partial charge in [0.25, 0.3) is 0 Å². The molecule has 3 nitrogen and oxygen atoms in total. The third kappa shape index (κ3) is 6.65. The monoisotopic (exact) mass is 326 g/mol. The zero-order chi connectivity index (χ0) is 17.5. The van der Waals surface area contributed by atoms with Crippen LogP contribution in [0.2, 0.25) is 0 Å². The van der Waals surface area contributed by atoms with Gasteiger partial charge in [-0.15, -0.1) is 0 Å². The van der Waals surface area contributed by atoms with Gasteiger partial charge in [0, 0.05) is 18.1 Å². The highest BCUT2D eigenvalue weighted by Gasteiger charge is 2.30. The van der Waals surface area contributed by atoms with Gasteiger partial charge >= 0.3 is 0 Å². The van der Waals surface area contributed by atoms with Gasteiger partial charge in [-0.2, -0.15) is 0 Å². The van der Waals surface area contributed by atoms with Gasteiger partial charge in [-0.05, 0) is 30.9 Å². The molecular formula is C18H28F2N2O. The van der Waals surface area contributed by atoms with Crippen molar-refractivity contribution in [2.24, 2.45) is 11.1 Å². The largest absolute Gasteiger partial charge is 0.349 e. The summed E-state index contributed by atoms with van der Waals surface area (Å²) in [6.45, 7) is 6.42. The molecule has 0 heterocycles. The average molecular weight is 326 g/mol. The lowest BCUT2D eigenvalue weighted by atomic mass is 9.82. The van der Waals surface area contributed by atoms with Crippen molar-refractivity contribution in [3.05, 3.63) is 35.4 Å². The molecule has 0 aliphatic rings. The predicted molar refractivity (Wildman–Crippen MR) is 88.8 cm³/mol. The molecule has 0 spiro atoms. The Labute approximate surface area is 137 Å². The maximum absolute atomic E-state index is 14.1. The van der Waals surface area contributed by atoms with E-state index in [0.717, 1.165) is 31.7 Å². The van der Waals surface area contributed by atoms with Crippen molar-refractivity contribution in [2.75, 3.05) is 6.54 Å². The summed E-state index contributed by atoms with van der Waals surface area (Å²) in [5.41, 5.74) is 5.37. The van der Waals surface area contributed by atoms with Gasteiger partial charge in [0.2, 0.25) is 5.91 Å². The van der Waals surface area contributed by atoms with Crippen LogP contribution in [-0.2, 0) is 4.79 Å². The standard InChI is InChI=1S/C18H28F2N2O/c1-18(2,3)17(14-10-9-13(19)12-15(14)20)22-16(23)8-6-4-5-7-11-21/h9-10,12,17H,4-8,11,21H2,1-3H3,(H,22,23). The summed E-state index contributed by atoms with van der Waals surface area (Å²) in [5, 5.41) is 2.90. The van der Waals surface area contributed by atoms with Gasteiger partial charge in [-0.3, -0.25) is 4.79 Å². The first-order valence-electron chi connectivity index (χ1n) is 8.20. The van der Waals surface area contributed by atoms with E-state index in [4.69, 9.17) is 5.73 Å². The number of rotatable bonds is 8. The number of carbonyl (C=O) groups is 1. The number of hydrogen-bond acceptors (Lipinski definition) is 2. The Kier molecular flexibility index (Phi) is 7.62. The zero-order valence-corrected chi connectivity index (χ0v) is 14.3. The van der Waals surface area contributed by atoms with Crippen LogP contribution in [0.4, 0.5) is 8.78 Å².